The van der Waals surface area contributed by atoms with Crippen LogP contribution in [0, 0.1) is 5.41 Å². The Labute approximate surface area is 143 Å². The molecule has 1 amide bonds. The first-order chi connectivity index (χ1) is 11.4. The van der Waals surface area contributed by atoms with Gasteiger partial charge in [-0.05, 0) is 0 Å². The number of nitrogens with zero attached hydrogens (tertiary/aromatic N) is 5. The molecule has 2 fully saturated rings. The smallest absolute Gasteiger partial charge is 0.228 e. The van der Waals surface area contributed by atoms with E-state index in [0.717, 1.165) is 64.1 Å². The van der Waals surface area contributed by atoms with Gasteiger partial charge in [-0.2, -0.15) is 0 Å². The molecular weight excluding hydrogens is 306 g/mol. The van der Waals surface area contributed by atoms with Crippen molar-refractivity contribution < 1.29 is 9.53 Å². The van der Waals surface area contributed by atoms with Gasteiger partial charge in [0.25, 0.3) is 0 Å². The van der Waals surface area contributed by atoms with Crippen LogP contribution in [0.25, 0.3) is 0 Å². The fraction of sp³-hybridized carbons (Fsp3) is 0.706. The predicted molar refractivity (Wildman–Crippen MR) is 93.3 cm³/mol. The summed E-state index contributed by atoms with van der Waals surface area (Å²) in [6.07, 6.45) is 1.63. The summed E-state index contributed by atoms with van der Waals surface area (Å²) in [6.45, 7) is 12.2. The van der Waals surface area contributed by atoms with Crippen LogP contribution in [0.2, 0.25) is 0 Å². The van der Waals surface area contributed by atoms with E-state index in [2.05, 4.69) is 19.8 Å². The summed E-state index contributed by atoms with van der Waals surface area (Å²) in [6, 6.07) is 2.05. The van der Waals surface area contributed by atoms with Crippen LogP contribution in [0.15, 0.2) is 12.4 Å². The highest BCUT2D eigenvalue weighted by atomic mass is 16.5. The molecule has 7 heteroatoms. The first-order valence-corrected chi connectivity index (χ1v) is 8.64. The summed E-state index contributed by atoms with van der Waals surface area (Å²) in [7, 11) is 0. The number of carbonyl (C=O) groups excluding carboxylic acids is 1. The molecule has 0 aliphatic carbocycles. The van der Waals surface area contributed by atoms with Gasteiger partial charge in [-0.15, -0.1) is 0 Å². The summed E-state index contributed by atoms with van der Waals surface area (Å²) in [5.41, 5.74) is -0.319. The Balaban J connectivity index is 1.63. The lowest BCUT2D eigenvalue weighted by Crippen LogP contribution is -2.51. The van der Waals surface area contributed by atoms with Gasteiger partial charge in [0.2, 0.25) is 5.91 Å². The molecule has 0 N–H and O–H groups in total. The van der Waals surface area contributed by atoms with Gasteiger partial charge < -0.3 is 19.4 Å². The fourth-order valence-electron chi connectivity index (χ4n) is 3.09. The zero-order valence-corrected chi connectivity index (χ0v) is 14.9. The van der Waals surface area contributed by atoms with Crippen molar-refractivity contribution in [3.05, 3.63) is 12.4 Å². The van der Waals surface area contributed by atoms with Gasteiger partial charge in [-0.25, -0.2) is 9.97 Å². The van der Waals surface area contributed by atoms with Gasteiger partial charge in [0.1, 0.15) is 18.0 Å². The molecule has 0 saturated carbocycles. The molecule has 0 unspecified atom stereocenters. The Morgan fingerprint density at radius 3 is 2.04 bits per heavy atom. The number of ether oxygens (including phenoxy) is 1. The number of aromatic nitrogens is 2. The van der Waals surface area contributed by atoms with Crippen LogP contribution < -0.4 is 9.80 Å². The molecule has 2 aliphatic rings. The van der Waals surface area contributed by atoms with Crippen LogP contribution in [-0.4, -0.2) is 73.3 Å². The highest BCUT2D eigenvalue weighted by molar-refractivity contribution is 5.81. The monoisotopic (exact) mass is 333 g/mol. The average molecular weight is 333 g/mol. The van der Waals surface area contributed by atoms with E-state index in [1.165, 1.54) is 0 Å². The second-order valence-electron chi connectivity index (χ2n) is 7.36. The molecule has 0 aromatic carbocycles. The Bertz CT molecular complexity index is 573. The summed E-state index contributed by atoms with van der Waals surface area (Å²) in [4.78, 5) is 27.6. The topological polar surface area (TPSA) is 61.8 Å². The summed E-state index contributed by atoms with van der Waals surface area (Å²) in [5, 5.41) is 0. The van der Waals surface area contributed by atoms with E-state index in [4.69, 9.17) is 4.74 Å². The minimum Gasteiger partial charge on any atom is -0.378 e. The minimum atomic E-state index is -0.319. The van der Waals surface area contributed by atoms with Crippen LogP contribution in [0.4, 0.5) is 11.6 Å². The van der Waals surface area contributed by atoms with Crippen molar-refractivity contribution >= 4 is 17.5 Å². The quantitative estimate of drug-likeness (QED) is 0.805. The van der Waals surface area contributed by atoms with Crippen molar-refractivity contribution in [1.82, 2.24) is 14.9 Å². The molecule has 24 heavy (non-hydrogen) atoms. The molecule has 0 atom stereocenters. The van der Waals surface area contributed by atoms with E-state index in [0.29, 0.717) is 0 Å². The number of morpholine rings is 1. The molecule has 2 saturated heterocycles. The largest absolute Gasteiger partial charge is 0.378 e. The summed E-state index contributed by atoms with van der Waals surface area (Å²) < 4.78 is 5.40. The predicted octanol–water partition coefficient (Wildman–Crippen LogP) is 1.01. The lowest BCUT2D eigenvalue weighted by molar-refractivity contribution is -0.139. The second kappa shape index (κ2) is 6.93. The maximum atomic E-state index is 12.4. The van der Waals surface area contributed by atoms with Gasteiger partial charge in [-0.3, -0.25) is 4.79 Å². The zero-order valence-electron chi connectivity index (χ0n) is 14.9. The van der Waals surface area contributed by atoms with Crippen molar-refractivity contribution in [2.24, 2.45) is 5.41 Å². The number of piperazine rings is 1. The Kier molecular flexibility index (Phi) is 4.89. The molecule has 0 spiro atoms. The zero-order chi connectivity index (χ0) is 17.2. The van der Waals surface area contributed by atoms with E-state index in [9.17, 15) is 4.79 Å². The average Bonchev–Trinajstić information content (AvgIpc) is 2.61. The maximum Gasteiger partial charge on any atom is 0.228 e. The molecule has 3 heterocycles. The number of anilines is 2. The Morgan fingerprint density at radius 2 is 1.50 bits per heavy atom. The molecule has 7 nitrogen and oxygen atoms in total. The molecule has 132 valence electrons. The van der Waals surface area contributed by atoms with Crippen molar-refractivity contribution in [1.29, 1.82) is 0 Å². The third kappa shape index (κ3) is 3.77. The van der Waals surface area contributed by atoms with Crippen LogP contribution in [0.5, 0.6) is 0 Å². The summed E-state index contributed by atoms with van der Waals surface area (Å²) in [5.74, 6) is 2.12. The first kappa shape index (κ1) is 17.0. The number of amides is 1. The van der Waals surface area contributed by atoms with E-state index in [1.807, 2.05) is 31.7 Å². The fourth-order valence-corrected chi connectivity index (χ4v) is 3.09. The van der Waals surface area contributed by atoms with Crippen LogP contribution >= 0.6 is 0 Å². The van der Waals surface area contributed by atoms with Gasteiger partial charge in [-0.1, -0.05) is 20.8 Å². The summed E-state index contributed by atoms with van der Waals surface area (Å²) >= 11 is 0. The van der Waals surface area contributed by atoms with Gasteiger partial charge >= 0.3 is 0 Å². The minimum absolute atomic E-state index is 0.221. The molecule has 3 rings (SSSR count). The van der Waals surface area contributed by atoms with Crippen molar-refractivity contribution in [3.8, 4) is 0 Å². The second-order valence-corrected chi connectivity index (χ2v) is 7.36. The molecular formula is C17H27N5O2. The van der Waals surface area contributed by atoms with Gasteiger partial charge in [0.15, 0.2) is 0 Å². The van der Waals surface area contributed by atoms with Crippen LogP contribution in [0.1, 0.15) is 20.8 Å². The van der Waals surface area contributed by atoms with Gasteiger partial charge in [0, 0.05) is 50.7 Å². The number of hydrogen-bond donors (Lipinski definition) is 0. The van der Waals surface area contributed by atoms with Crippen LogP contribution in [0.3, 0.4) is 0 Å². The SMILES string of the molecule is CC(C)(C)C(=O)N1CCN(c2cc(N3CCOCC3)ncn2)CC1. The molecule has 1 aromatic rings. The highest BCUT2D eigenvalue weighted by Crippen LogP contribution is 2.22. The van der Waals surface area contributed by atoms with Gasteiger partial charge in [0.05, 0.1) is 13.2 Å². The third-order valence-electron chi connectivity index (χ3n) is 4.51. The van der Waals surface area contributed by atoms with Crippen molar-refractivity contribution in [3.63, 3.8) is 0 Å². The highest BCUT2D eigenvalue weighted by Gasteiger charge is 2.30. The Morgan fingerprint density at radius 1 is 0.958 bits per heavy atom. The first-order valence-electron chi connectivity index (χ1n) is 8.64. The standard InChI is InChI=1S/C17H27N5O2/c1-17(2,3)16(23)22-6-4-20(5-7-22)14-12-15(19-13-18-14)21-8-10-24-11-9-21/h12-13H,4-11H2,1-3H3. The lowest BCUT2D eigenvalue weighted by atomic mass is 9.94. The molecule has 0 bridgehead atoms. The van der Waals surface area contributed by atoms with E-state index in [-0.39, 0.29) is 11.3 Å². The number of rotatable bonds is 2. The number of hydrogen-bond acceptors (Lipinski definition) is 6. The molecule has 0 radical (unpaired) electrons. The van der Waals surface area contributed by atoms with E-state index in [1.54, 1.807) is 6.33 Å². The van der Waals surface area contributed by atoms with E-state index < -0.39 is 0 Å². The Hall–Kier alpha value is -1.89. The molecule has 1 aromatic heterocycles. The maximum absolute atomic E-state index is 12.4. The number of carbonyl (C=O) groups is 1. The van der Waals surface area contributed by atoms with Crippen molar-refractivity contribution in [2.75, 3.05) is 62.3 Å². The van der Waals surface area contributed by atoms with Crippen LogP contribution in [-0.2, 0) is 9.53 Å². The molecule has 2 aliphatic heterocycles. The third-order valence-corrected chi connectivity index (χ3v) is 4.51. The van der Waals surface area contributed by atoms with Crippen molar-refractivity contribution in [2.45, 2.75) is 20.8 Å². The lowest BCUT2D eigenvalue weighted by Gasteiger charge is -2.38. The van der Waals surface area contributed by atoms with E-state index >= 15 is 0 Å². The normalized spacial score (nSPS) is 19.5.